The van der Waals surface area contributed by atoms with Crippen LogP contribution in [-0.2, 0) is 18.3 Å². The molecular weight excluding hydrogens is 298 g/mol. The van der Waals surface area contributed by atoms with E-state index in [1.165, 1.54) is 0 Å². The molecule has 0 amide bonds. The van der Waals surface area contributed by atoms with Crippen LogP contribution in [0, 0.1) is 0 Å². The van der Waals surface area contributed by atoms with Gasteiger partial charge in [0.25, 0.3) is 0 Å². The lowest BCUT2D eigenvalue weighted by Crippen LogP contribution is -2.12. The standard InChI is InChI=1S/C12H14BrN3O2/c1-3-18-12(17)10-9(5-14)16(2)8-4-7(13)6-15-11(8)10/h4,6H,3,5,14H2,1-2H3. The van der Waals surface area contributed by atoms with Crippen molar-refractivity contribution in [2.45, 2.75) is 13.5 Å². The highest BCUT2D eigenvalue weighted by molar-refractivity contribution is 9.10. The Morgan fingerprint density at radius 3 is 2.94 bits per heavy atom. The SMILES string of the molecule is CCOC(=O)c1c(CN)n(C)c2cc(Br)cnc12. The van der Waals surface area contributed by atoms with Crippen LogP contribution in [0.25, 0.3) is 11.0 Å². The average molecular weight is 312 g/mol. The normalized spacial score (nSPS) is 10.9. The molecule has 0 aliphatic rings. The number of rotatable bonds is 3. The monoisotopic (exact) mass is 311 g/mol. The first-order chi connectivity index (χ1) is 8.60. The number of halogens is 1. The van der Waals surface area contributed by atoms with Crippen molar-refractivity contribution in [1.82, 2.24) is 9.55 Å². The molecule has 2 aromatic heterocycles. The molecule has 0 aliphatic carbocycles. The van der Waals surface area contributed by atoms with Crippen molar-refractivity contribution in [3.63, 3.8) is 0 Å². The van der Waals surface area contributed by atoms with E-state index in [1.807, 2.05) is 17.7 Å². The fraction of sp³-hybridized carbons (Fsp3) is 0.333. The highest BCUT2D eigenvalue weighted by Crippen LogP contribution is 2.26. The van der Waals surface area contributed by atoms with Crippen molar-refractivity contribution in [1.29, 1.82) is 0 Å². The summed E-state index contributed by atoms with van der Waals surface area (Å²) in [7, 11) is 1.86. The minimum Gasteiger partial charge on any atom is -0.462 e. The molecule has 2 aromatic rings. The summed E-state index contributed by atoms with van der Waals surface area (Å²) in [6, 6.07) is 1.91. The Morgan fingerprint density at radius 1 is 1.61 bits per heavy atom. The molecule has 0 spiro atoms. The highest BCUT2D eigenvalue weighted by atomic mass is 79.9. The topological polar surface area (TPSA) is 70.1 Å². The quantitative estimate of drug-likeness (QED) is 0.880. The van der Waals surface area contributed by atoms with Gasteiger partial charge in [-0.2, -0.15) is 0 Å². The van der Waals surface area contributed by atoms with E-state index in [9.17, 15) is 4.79 Å². The molecule has 0 unspecified atom stereocenters. The Morgan fingerprint density at radius 2 is 2.33 bits per heavy atom. The summed E-state index contributed by atoms with van der Waals surface area (Å²) in [5.74, 6) is -0.377. The molecule has 5 nitrogen and oxygen atoms in total. The van der Waals surface area contributed by atoms with E-state index in [1.54, 1.807) is 13.1 Å². The Hall–Kier alpha value is -1.40. The first kappa shape index (κ1) is 13.0. The number of hydrogen-bond donors (Lipinski definition) is 1. The first-order valence-corrected chi connectivity index (χ1v) is 6.39. The second kappa shape index (κ2) is 5.07. The maximum atomic E-state index is 12.0. The van der Waals surface area contributed by atoms with Crippen molar-refractivity contribution in [3.05, 3.63) is 28.0 Å². The van der Waals surface area contributed by atoms with Gasteiger partial charge in [0, 0.05) is 30.0 Å². The zero-order valence-corrected chi connectivity index (χ0v) is 11.8. The lowest BCUT2D eigenvalue weighted by Gasteiger charge is -2.04. The summed E-state index contributed by atoms with van der Waals surface area (Å²) in [6.07, 6.45) is 1.66. The highest BCUT2D eigenvalue weighted by Gasteiger charge is 2.22. The van der Waals surface area contributed by atoms with Crippen molar-refractivity contribution < 1.29 is 9.53 Å². The van der Waals surface area contributed by atoms with Crippen LogP contribution in [0.15, 0.2) is 16.7 Å². The molecule has 6 heteroatoms. The van der Waals surface area contributed by atoms with Gasteiger partial charge in [-0.1, -0.05) is 0 Å². The number of carbonyl (C=O) groups excluding carboxylic acids is 1. The molecule has 0 bridgehead atoms. The number of aromatic nitrogens is 2. The molecule has 0 fully saturated rings. The summed E-state index contributed by atoms with van der Waals surface area (Å²) in [5.41, 5.74) is 8.39. The third-order valence-electron chi connectivity index (χ3n) is 2.80. The lowest BCUT2D eigenvalue weighted by molar-refractivity contribution is 0.0527. The molecule has 96 valence electrons. The van der Waals surface area contributed by atoms with Crippen molar-refractivity contribution in [2.75, 3.05) is 6.61 Å². The average Bonchev–Trinajstić information content (AvgIpc) is 2.62. The van der Waals surface area contributed by atoms with E-state index < -0.39 is 0 Å². The smallest absolute Gasteiger partial charge is 0.342 e. The molecule has 2 heterocycles. The van der Waals surface area contributed by atoms with Gasteiger partial charge in [-0.05, 0) is 28.9 Å². The molecule has 0 saturated carbocycles. The molecule has 0 saturated heterocycles. The lowest BCUT2D eigenvalue weighted by atomic mass is 10.2. The number of hydrogen-bond acceptors (Lipinski definition) is 4. The Bertz CT molecular complexity index is 607. The number of ether oxygens (including phenoxy) is 1. The predicted octanol–water partition coefficient (Wildman–Crippen LogP) is 1.97. The van der Waals surface area contributed by atoms with E-state index in [4.69, 9.17) is 10.5 Å². The second-order valence-electron chi connectivity index (χ2n) is 3.83. The van der Waals surface area contributed by atoms with Crippen LogP contribution in [0.3, 0.4) is 0 Å². The summed E-state index contributed by atoms with van der Waals surface area (Å²) in [4.78, 5) is 16.3. The van der Waals surface area contributed by atoms with Crippen LogP contribution in [0.1, 0.15) is 23.0 Å². The third-order valence-corrected chi connectivity index (χ3v) is 3.23. The Balaban J connectivity index is 2.73. The van der Waals surface area contributed by atoms with Crippen LogP contribution >= 0.6 is 15.9 Å². The van der Waals surface area contributed by atoms with E-state index in [-0.39, 0.29) is 12.5 Å². The largest absolute Gasteiger partial charge is 0.462 e. The van der Waals surface area contributed by atoms with E-state index >= 15 is 0 Å². The van der Waals surface area contributed by atoms with Crippen LogP contribution in [0.2, 0.25) is 0 Å². The number of carbonyl (C=O) groups is 1. The number of pyridine rings is 1. The number of nitrogens with two attached hydrogens (primary N) is 1. The number of fused-ring (bicyclic) bond motifs is 1. The molecular formula is C12H14BrN3O2. The maximum absolute atomic E-state index is 12.0. The molecule has 18 heavy (non-hydrogen) atoms. The minimum atomic E-state index is -0.377. The van der Waals surface area contributed by atoms with Gasteiger partial charge in [0.05, 0.1) is 12.1 Å². The fourth-order valence-corrected chi connectivity index (χ4v) is 2.30. The van der Waals surface area contributed by atoms with E-state index in [0.29, 0.717) is 17.7 Å². The summed E-state index contributed by atoms with van der Waals surface area (Å²) < 4.78 is 7.79. The molecule has 0 atom stereocenters. The molecule has 0 aliphatic heterocycles. The van der Waals surface area contributed by atoms with Gasteiger partial charge < -0.3 is 15.0 Å². The van der Waals surface area contributed by atoms with E-state index in [2.05, 4.69) is 20.9 Å². The fourth-order valence-electron chi connectivity index (χ4n) is 1.98. The number of esters is 1. The van der Waals surface area contributed by atoms with Gasteiger partial charge in [0.15, 0.2) is 0 Å². The first-order valence-electron chi connectivity index (χ1n) is 5.60. The minimum absolute atomic E-state index is 0.263. The van der Waals surface area contributed by atoms with Crippen LogP contribution < -0.4 is 5.73 Å². The predicted molar refractivity (Wildman–Crippen MR) is 72.3 cm³/mol. The van der Waals surface area contributed by atoms with Gasteiger partial charge >= 0.3 is 5.97 Å². The van der Waals surface area contributed by atoms with Crippen LogP contribution in [0.5, 0.6) is 0 Å². The van der Waals surface area contributed by atoms with Gasteiger partial charge in [-0.15, -0.1) is 0 Å². The number of nitrogens with zero attached hydrogens (tertiary/aromatic N) is 2. The Labute approximate surface area is 113 Å². The second-order valence-corrected chi connectivity index (χ2v) is 4.74. The number of aryl methyl sites for hydroxylation is 1. The van der Waals surface area contributed by atoms with Gasteiger partial charge in [-0.25, -0.2) is 4.79 Å². The molecule has 2 rings (SSSR count). The van der Waals surface area contributed by atoms with Gasteiger partial charge in [-0.3, -0.25) is 4.98 Å². The zero-order valence-electron chi connectivity index (χ0n) is 10.2. The zero-order chi connectivity index (χ0) is 13.3. The van der Waals surface area contributed by atoms with E-state index in [0.717, 1.165) is 15.7 Å². The van der Waals surface area contributed by atoms with Crippen molar-refractivity contribution in [3.8, 4) is 0 Å². The maximum Gasteiger partial charge on any atom is 0.342 e. The summed E-state index contributed by atoms with van der Waals surface area (Å²) in [6.45, 7) is 2.36. The van der Waals surface area contributed by atoms with Crippen molar-refractivity contribution >= 4 is 32.9 Å². The summed E-state index contributed by atoms with van der Waals surface area (Å²) in [5, 5.41) is 0. The Kier molecular flexibility index (Phi) is 3.68. The van der Waals surface area contributed by atoms with Crippen LogP contribution in [0.4, 0.5) is 0 Å². The summed E-state index contributed by atoms with van der Waals surface area (Å²) >= 11 is 3.37. The van der Waals surface area contributed by atoms with Crippen molar-refractivity contribution in [2.24, 2.45) is 12.8 Å². The molecule has 0 radical (unpaired) electrons. The van der Waals surface area contributed by atoms with Gasteiger partial charge in [0.2, 0.25) is 0 Å². The third kappa shape index (κ3) is 2.02. The molecule has 0 aromatic carbocycles. The van der Waals surface area contributed by atoms with Crippen LogP contribution in [-0.4, -0.2) is 22.1 Å². The molecule has 2 N–H and O–H groups in total. The van der Waals surface area contributed by atoms with Gasteiger partial charge in [0.1, 0.15) is 11.1 Å².